The molecule has 2 aromatic heterocycles. The van der Waals surface area contributed by atoms with Gasteiger partial charge in [0.05, 0.1) is 6.20 Å². The molecule has 92 valence electrons. The second kappa shape index (κ2) is 5.42. The summed E-state index contributed by atoms with van der Waals surface area (Å²) < 4.78 is 1.83. The van der Waals surface area contributed by atoms with Crippen LogP contribution in [-0.2, 0) is 20.0 Å². The smallest absolute Gasteiger partial charge is 0.107 e. The van der Waals surface area contributed by atoms with Crippen LogP contribution in [0.4, 0.5) is 0 Å². The van der Waals surface area contributed by atoms with Crippen molar-refractivity contribution >= 4 is 11.3 Å². The summed E-state index contributed by atoms with van der Waals surface area (Å²) in [5, 5.41) is 8.78. The van der Waals surface area contributed by atoms with Crippen LogP contribution in [0.5, 0.6) is 0 Å². The summed E-state index contributed by atoms with van der Waals surface area (Å²) >= 11 is 1.78. The Labute approximate surface area is 106 Å². The lowest BCUT2D eigenvalue weighted by Crippen LogP contribution is -2.17. The van der Waals surface area contributed by atoms with Crippen molar-refractivity contribution in [3.63, 3.8) is 0 Å². The second-order valence-corrected chi connectivity index (χ2v) is 5.32. The molecule has 0 amide bonds. The van der Waals surface area contributed by atoms with E-state index in [0.717, 1.165) is 18.0 Å². The molecule has 4 nitrogen and oxygen atoms in total. The van der Waals surface area contributed by atoms with E-state index in [0.29, 0.717) is 6.04 Å². The van der Waals surface area contributed by atoms with Crippen molar-refractivity contribution < 1.29 is 0 Å². The largest absolute Gasteiger partial charge is 0.304 e. The molecule has 1 atom stereocenters. The highest BCUT2D eigenvalue weighted by molar-refractivity contribution is 7.11. The van der Waals surface area contributed by atoms with E-state index in [1.54, 1.807) is 11.3 Å². The zero-order valence-corrected chi connectivity index (χ0v) is 11.3. The molecule has 0 fully saturated rings. The molecule has 5 heteroatoms. The Hall–Kier alpha value is -1.20. The fraction of sp³-hybridized carbons (Fsp3) is 0.500. The molecule has 0 aliphatic heterocycles. The Morgan fingerprint density at radius 3 is 2.88 bits per heavy atom. The van der Waals surface area contributed by atoms with E-state index < -0.39 is 0 Å². The van der Waals surface area contributed by atoms with Gasteiger partial charge in [-0.25, -0.2) is 4.98 Å². The molecule has 0 radical (unpaired) electrons. The second-order valence-electron chi connectivity index (χ2n) is 4.12. The molecule has 2 aromatic rings. The fourth-order valence-electron chi connectivity index (χ4n) is 1.62. The summed E-state index contributed by atoms with van der Waals surface area (Å²) in [5.74, 6) is 0. The van der Waals surface area contributed by atoms with Crippen molar-refractivity contribution in [2.45, 2.75) is 32.9 Å². The minimum absolute atomic E-state index is 0.303. The molecule has 0 spiro atoms. The van der Waals surface area contributed by atoms with Crippen molar-refractivity contribution in [3.8, 4) is 0 Å². The van der Waals surface area contributed by atoms with Gasteiger partial charge in [0.25, 0.3) is 0 Å². The highest BCUT2D eigenvalue weighted by atomic mass is 32.1. The summed E-state index contributed by atoms with van der Waals surface area (Å²) in [4.78, 5) is 5.74. The zero-order valence-electron chi connectivity index (χ0n) is 10.5. The Balaban J connectivity index is 1.89. The quantitative estimate of drug-likeness (QED) is 0.885. The number of hydrogen-bond donors (Lipinski definition) is 1. The van der Waals surface area contributed by atoms with Crippen LogP contribution in [0.15, 0.2) is 18.6 Å². The van der Waals surface area contributed by atoms with Crippen LogP contribution in [0.2, 0.25) is 0 Å². The number of thiazole rings is 1. The van der Waals surface area contributed by atoms with Crippen LogP contribution < -0.4 is 5.32 Å². The van der Waals surface area contributed by atoms with E-state index in [-0.39, 0.29) is 0 Å². The highest BCUT2D eigenvalue weighted by Crippen LogP contribution is 2.15. The average molecular weight is 250 g/mol. The third-order valence-corrected chi connectivity index (χ3v) is 3.88. The van der Waals surface area contributed by atoms with Crippen LogP contribution in [-0.4, -0.2) is 14.8 Å². The first-order valence-corrected chi connectivity index (χ1v) is 6.66. The van der Waals surface area contributed by atoms with Crippen LogP contribution in [0.1, 0.15) is 35.3 Å². The summed E-state index contributed by atoms with van der Waals surface area (Å²) in [7, 11) is 1.94. The predicted octanol–water partition coefficient (Wildman–Crippen LogP) is 2.29. The van der Waals surface area contributed by atoms with Gasteiger partial charge in [-0.15, -0.1) is 11.3 Å². The maximum Gasteiger partial charge on any atom is 0.107 e. The standard InChI is InChI=1S/C12H18N4S/c1-4-11-6-14-12(17-11)7-13-9(2)10-5-15-16(3)8-10/h5-6,8-9,13H,4,7H2,1-3H3. The Bertz CT molecular complexity index is 474. The number of rotatable bonds is 5. The first-order chi connectivity index (χ1) is 8.19. The van der Waals surface area contributed by atoms with Gasteiger partial charge < -0.3 is 5.32 Å². The Morgan fingerprint density at radius 2 is 2.29 bits per heavy atom. The normalized spacial score (nSPS) is 12.9. The van der Waals surface area contributed by atoms with Gasteiger partial charge in [0.1, 0.15) is 5.01 Å². The fourth-order valence-corrected chi connectivity index (χ4v) is 2.43. The molecule has 0 bridgehead atoms. The van der Waals surface area contributed by atoms with Crippen molar-refractivity contribution in [1.82, 2.24) is 20.1 Å². The highest BCUT2D eigenvalue weighted by Gasteiger charge is 2.08. The lowest BCUT2D eigenvalue weighted by molar-refractivity contribution is 0.572. The molecule has 0 aliphatic carbocycles. The van der Waals surface area contributed by atoms with Crippen molar-refractivity contribution in [3.05, 3.63) is 34.0 Å². The van der Waals surface area contributed by atoms with Gasteiger partial charge in [0.15, 0.2) is 0 Å². The van der Waals surface area contributed by atoms with Gasteiger partial charge >= 0.3 is 0 Å². The lowest BCUT2D eigenvalue weighted by Gasteiger charge is -2.09. The number of aromatic nitrogens is 3. The number of hydrogen-bond acceptors (Lipinski definition) is 4. The molecule has 0 saturated heterocycles. The summed E-state index contributed by atoms with van der Waals surface area (Å²) in [6.07, 6.45) is 6.97. The minimum Gasteiger partial charge on any atom is -0.304 e. The SMILES string of the molecule is CCc1cnc(CNC(C)c2cnn(C)c2)s1. The molecule has 1 unspecified atom stereocenters. The van der Waals surface area contributed by atoms with Gasteiger partial charge in [0.2, 0.25) is 0 Å². The molecule has 0 aromatic carbocycles. The summed E-state index contributed by atoms with van der Waals surface area (Å²) in [6, 6.07) is 0.303. The molecular weight excluding hydrogens is 232 g/mol. The predicted molar refractivity (Wildman–Crippen MR) is 70.0 cm³/mol. The zero-order chi connectivity index (χ0) is 12.3. The van der Waals surface area contributed by atoms with Crippen LogP contribution in [0.3, 0.4) is 0 Å². The molecule has 2 rings (SSSR count). The van der Waals surface area contributed by atoms with Crippen molar-refractivity contribution in [1.29, 1.82) is 0 Å². The van der Waals surface area contributed by atoms with Gasteiger partial charge in [-0.3, -0.25) is 4.68 Å². The number of aryl methyl sites for hydroxylation is 2. The van der Waals surface area contributed by atoms with E-state index in [1.807, 2.05) is 30.3 Å². The van der Waals surface area contributed by atoms with Crippen LogP contribution in [0.25, 0.3) is 0 Å². The molecule has 1 N–H and O–H groups in total. The Kier molecular flexibility index (Phi) is 3.91. The average Bonchev–Trinajstić information content (AvgIpc) is 2.94. The monoisotopic (exact) mass is 250 g/mol. The topological polar surface area (TPSA) is 42.7 Å². The van der Waals surface area contributed by atoms with Crippen molar-refractivity contribution in [2.24, 2.45) is 7.05 Å². The van der Waals surface area contributed by atoms with Crippen LogP contribution >= 0.6 is 11.3 Å². The van der Waals surface area contributed by atoms with E-state index in [4.69, 9.17) is 0 Å². The van der Waals surface area contributed by atoms with E-state index in [2.05, 4.69) is 29.2 Å². The number of nitrogens with zero attached hydrogens (tertiary/aromatic N) is 3. The minimum atomic E-state index is 0.303. The molecule has 0 saturated carbocycles. The van der Waals surface area contributed by atoms with E-state index in [1.165, 1.54) is 10.4 Å². The van der Waals surface area contributed by atoms with E-state index in [9.17, 15) is 0 Å². The van der Waals surface area contributed by atoms with E-state index >= 15 is 0 Å². The van der Waals surface area contributed by atoms with Gasteiger partial charge in [-0.2, -0.15) is 5.10 Å². The van der Waals surface area contributed by atoms with Crippen LogP contribution in [0, 0.1) is 0 Å². The third kappa shape index (κ3) is 3.14. The first-order valence-electron chi connectivity index (χ1n) is 5.84. The molecule has 0 aliphatic rings. The van der Waals surface area contributed by atoms with Gasteiger partial charge in [-0.05, 0) is 13.3 Å². The Morgan fingerprint density at radius 1 is 1.47 bits per heavy atom. The molecule has 2 heterocycles. The third-order valence-electron chi connectivity index (χ3n) is 2.73. The first kappa shape index (κ1) is 12.3. The van der Waals surface area contributed by atoms with Crippen molar-refractivity contribution in [2.75, 3.05) is 0 Å². The maximum atomic E-state index is 4.39. The molecule has 17 heavy (non-hydrogen) atoms. The molecular formula is C12H18N4S. The summed E-state index contributed by atoms with van der Waals surface area (Å²) in [5.41, 5.74) is 1.21. The van der Waals surface area contributed by atoms with Gasteiger partial charge in [-0.1, -0.05) is 6.92 Å². The van der Waals surface area contributed by atoms with Gasteiger partial charge in [0, 0.05) is 42.5 Å². The summed E-state index contributed by atoms with van der Waals surface area (Å²) in [6.45, 7) is 5.12. The lowest BCUT2D eigenvalue weighted by atomic mass is 10.2. The maximum absolute atomic E-state index is 4.39. The number of nitrogens with one attached hydrogen (secondary N) is 1.